The summed E-state index contributed by atoms with van der Waals surface area (Å²) >= 11 is 1.37. The van der Waals surface area contributed by atoms with E-state index < -0.39 is 30.1 Å². The average molecular weight is 575 g/mol. The highest BCUT2D eigenvalue weighted by atomic mass is 32.2. The Morgan fingerprint density at radius 2 is 2.00 bits per heavy atom. The molecule has 212 valence electrons. The van der Waals surface area contributed by atoms with Gasteiger partial charge in [0.1, 0.15) is 12.0 Å². The molecule has 0 unspecified atom stereocenters. The second kappa shape index (κ2) is 11.5. The van der Waals surface area contributed by atoms with Crippen LogP contribution in [0.3, 0.4) is 0 Å². The molecule has 6 atom stereocenters. The summed E-state index contributed by atoms with van der Waals surface area (Å²) in [5, 5.41) is 32.5. The number of amides is 2. The van der Waals surface area contributed by atoms with Crippen molar-refractivity contribution in [2.75, 3.05) is 11.9 Å². The summed E-state index contributed by atoms with van der Waals surface area (Å²) in [6.45, 7) is 4.20. The van der Waals surface area contributed by atoms with Crippen LogP contribution in [0.25, 0.3) is 0 Å². The van der Waals surface area contributed by atoms with Crippen LogP contribution in [-0.4, -0.2) is 74.1 Å². The molecule has 0 aliphatic carbocycles. The normalized spacial score (nSPS) is 26.2. The van der Waals surface area contributed by atoms with Crippen molar-refractivity contribution in [3.63, 3.8) is 0 Å². The SMILES string of the molecule is C[C@@H](O)[C@H]1C(=O)N2C(C(=O)O)=C(S[C@H]3C[C@@H](C(=O)Nc4cccc(C=O)c4)N(Cc4ccccc4C#N)C3)[C@H](C)[C@H]12. The predicted molar refractivity (Wildman–Crippen MR) is 151 cm³/mol. The van der Waals surface area contributed by atoms with E-state index >= 15 is 0 Å². The maximum absolute atomic E-state index is 13.6. The van der Waals surface area contributed by atoms with E-state index in [0.717, 1.165) is 5.56 Å². The molecule has 2 amide bonds. The summed E-state index contributed by atoms with van der Waals surface area (Å²) in [5.74, 6) is -2.79. The van der Waals surface area contributed by atoms with Crippen molar-refractivity contribution in [2.24, 2.45) is 11.8 Å². The first-order chi connectivity index (χ1) is 19.6. The van der Waals surface area contributed by atoms with Crippen LogP contribution in [0.15, 0.2) is 59.1 Å². The van der Waals surface area contributed by atoms with Crippen molar-refractivity contribution in [3.05, 3.63) is 75.8 Å². The van der Waals surface area contributed by atoms with Crippen LogP contribution < -0.4 is 5.32 Å². The van der Waals surface area contributed by atoms with E-state index in [0.29, 0.717) is 47.5 Å². The van der Waals surface area contributed by atoms with E-state index in [1.54, 1.807) is 43.3 Å². The van der Waals surface area contributed by atoms with E-state index in [1.807, 2.05) is 24.0 Å². The van der Waals surface area contributed by atoms with Crippen molar-refractivity contribution in [2.45, 2.75) is 50.3 Å². The standard InChI is InChI=1S/C30H30N4O6S/c1-16-25-24(17(2)36)29(38)34(25)26(30(39)40)27(16)41-22-11-23(28(37)32-21-9-5-6-18(10-21)15-35)33(14-22)13-20-8-4-3-7-19(20)12-31/h3-10,15-17,22-25,36H,11,13-14H2,1-2H3,(H,32,37)(H,39,40)/t16-,17-,22+,23+,24-,25-/m1/s1. The Morgan fingerprint density at radius 3 is 2.68 bits per heavy atom. The van der Waals surface area contributed by atoms with Crippen LogP contribution in [0.2, 0.25) is 0 Å². The Kier molecular flexibility index (Phi) is 8.00. The molecule has 5 rings (SSSR count). The molecule has 0 bridgehead atoms. The molecule has 2 aromatic rings. The minimum atomic E-state index is -1.19. The summed E-state index contributed by atoms with van der Waals surface area (Å²) in [4.78, 5) is 53.7. The number of carboxylic acids is 1. The number of hydrogen-bond acceptors (Lipinski definition) is 8. The van der Waals surface area contributed by atoms with E-state index in [9.17, 15) is 34.7 Å². The fourth-order valence-corrected chi connectivity index (χ4v) is 7.71. The van der Waals surface area contributed by atoms with Crippen molar-refractivity contribution >= 4 is 41.5 Å². The Bertz CT molecular complexity index is 1480. The van der Waals surface area contributed by atoms with Gasteiger partial charge in [-0.25, -0.2) is 4.79 Å². The van der Waals surface area contributed by atoms with Crippen molar-refractivity contribution < 1.29 is 29.4 Å². The molecule has 0 saturated carbocycles. The number of thioether (sulfide) groups is 1. The van der Waals surface area contributed by atoms with Crippen LogP contribution in [0.1, 0.15) is 41.8 Å². The van der Waals surface area contributed by atoms with Crippen molar-refractivity contribution in [1.82, 2.24) is 9.80 Å². The van der Waals surface area contributed by atoms with E-state index in [1.165, 1.54) is 16.7 Å². The number of carbonyl (C=O) groups excluding carboxylic acids is 3. The molecule has 3 heterocycles. The van der Waals surface area contributed by atoms with Gasteiger partial charge in [0.05, 0.1) is 35.7 Å². The zero-order valence-corrected chi connectivity index (χ0v) is 23.4. The summed E-state index contributed by atoms with van der Waals surface area (Å²) in [7, 11) is 0. The Hall–Kier alpha value is -3.98. The number of likely N-dealkylation sites (tertiary alicyclic amines) is 1. The highest BCUT2D eigenvalue weighted by molar-refractivity contribution is 8.03. The lowest BCUT2D eigenvalue weighted by molar-refractivity contribution is -0.163. The van der Waals surface area contributed by atoms with E-state index in [4.69, 9.17) is 0 Å². The lowest BCUT2D eigenvalue weighted by atomic mass is 9.79. The molecule has 0 spiro atoms. The number of fused-ring (bicyclic) bond motifs is 1. The molecular formula is C30H30N4O6S. The molecule has 10 nitrogen and oxygen atoms in total. The third-order valence-electron chi connectivity index (χ3n) is 8.07. The molecule has 3 aliphatic heterocycles. The lowest BCUT2D eigenvalue weighted by Gasteiger charge is -2.46. The number of benzene rings is 2. The highest BCUT2D eigenvalue weighted by Gasteiger charge is 2.60. The number of anilines is 1. The van der Waals surface area contributed by atoms with Crippen molar-refractivity contribution in [1.29, 1.82) is 5.26 Å². The summed E-state index contributed by atoms with van der Waals surface area (Å²) in [6, 6.07) is 15.0. The molecule has 41 heavy (non-hydrogen) atoms. The van der Waals surface area contributed by atoms with Gasteiger partial charge in [0.2, 0.25) is 11.8 Å². The first kappa shape index (κ1) is 28.5. The number of hydrogen-bond donors (Lipinski definition) is 3. The number of nitriles is 1. The van der Waals surface area contributed by atoms with Crippen LogP contribution in [0, 0.1) is 23.2 Å². The third kappa shape index (κ3) is 5.26. The zero-order chi connectivity index (χ0) is 29.4. The van der Waals surface area contributed by atoms with Crippen LogP contribution in [0.5, 0.6) is 0 Å². The van der Waals surface area contributed by atoms with Gasteiger partial charge >= 0.3 is 5.97 Å². The molecule has 2 fully saturated rings. The number of aliphatic hydroxyl groups is 1. The fourth-order valence-electron chi connectivity index (χ4n) is 6.15. The molecule has 2 saturated heterocycles. The van der Waals surface area contributed by atoms with Crippen molar-refractivity contribution in [3.8, 4) is 6.07 Å². The maximum atomic E-state index is 13.6. The largest absolute Gasteiger partial charge is 0.477 e. The summed E-state index contributed by atoms with van der Waals surface area (Å²) in [5.41, 5.74) is 2.15. The number of carboxylic acid groups (broad SMARTS) is 1. The molecule has 2 aromatic carbocycles. The van der Waals surface area contributed by atoms with Gasteiger partial charge in [0.15, 0.2) is 0 Å². The number of rotatable bonds is 9. The van der Waals surface area contributed by atoms with Crippen LogP contribution in [-0.2, 0) is 20.9 Å². The van der Waals surface area contributed by atoms with Gasteiger partial charge in [0.25, 0.3) is 0 Å². The summed E-state index contributed by atoms with van der Waals surface area (Å²) in [6.07, 6.45) is 0.217. The third-order valence-corrected chi connectivity index (χ3v) is 9.57. The van der Waals surface area contributed by atoms with Gasteiger partial charge in [-0.3, -0.25) is 19.3 Å². The number of nitrogens with one attached hydrogen (secondary N) is 1. The minimum absolute atomic E-state index is 0.0469. The zero-order valence-electron chi connectivity index (χ0n) is 22.6. The van der Waals surface area contributed by atoms with Gasteiger partial charge in [-0.05, 0) is 37.1 Å². The van der Waals surface area contributed by atoms with Crippen LogP contribution in [0.4, 0.5) is 5.69 Å². The molecular weight excluding hydrogens is 544 g/mol. The number of nitrogens with zero attached hydrogens (tertiary/aromatic N) is 3. The number of aliphatic carboxylic acids is 1. The second-order valence-corrected chi connectivity index (χ2v) is 12.0. The summed E-state index contributed by atoms with van der Waals surface area (Å²) < 4.78 is 0. The number of carbonyl (C=O) groups is 4. The molecule has 0 radical (unpaired) electrons. The first-order valence-electron chi connectivity index (χ1n) is 13.4. The number of aliphatic hydroxyl groups excluding tert-OH is 1. The van der Waals surface area contributed by atoms with Gasteiger partial charge < -0.3 is 20.4 Å². The fraction of sp³-hybridized carbons (Fsp3) is 0.367. The van der Waals surface area contributed by atoms with E-state index in [2.05, 4.69) is 11.4 Å². The molecule has 11 heteroatoms. The van der Waals surface area contributed by atoms with Gasteiger partial charge in [-0.2, -0.15) is 5.26 Å². The molecule has 3 N–H and O–H groups in total. The highest BCUT2D eigenvalue weighted by Crippen LogP contribution is 2.52. The topological polar surface area (TPSA) is 151 Å². The van der Waals surface area contributed by atoms with Crippen LogP contribution >= 0.6 is 11.8 Å². The van der Waals surface area contributed by atoms with Gasteiger partial charge in [0, 0.05) is 40.4 Å². The monoisotopic (exact) mass is 574 g/mol. The number of β-lactam (4-membered cyclic amide) rings is 1. The van der Waals surface area contributed by atoms with Gasteiger partial charge in [-0.1, -0.05) is 37.3 Å². The first-order valence-corrected chi connectivity index (χ1v) is 14.3. The van der Waals surface area contributed by atoms with Gasteiger partial charge in [-0.15, -0.1) is 11.8 Å². The second-order valence-electron chi connectivity index (χ2n) is 10.7. The Morgan fingerprint density at radius 1 is 1.24 bits per heavy atom. The quantitative estimate of drug-likeness (QED) is 0.303. The smallest absolute Gasteiger partial charge is 0.353 e. The Labute approximate surface area is 241 Å². The molecule has 0 aromatic heterocycles. The lowest BCUT2D eigenvalue weighted by Crippen LogP contribution is -2.63. The molecule has 3 aliphatic rings. The van der Waals surface area contributed by atoms with E-state index in [-0.39, 0.29) is 28.7 Å². The predicted octanol–water partition coefficient (Wildman–Crippen LogP) is 2.84. The minimum Gasteiger partial charge on any atom is -0.477 e. The Balaban J connectivity index is 1.41. The number of aldehydes is 1. The maximum Gasteiger partial charge on any atom is 0.353 e. The average Bonchev–Trinajstić information content (AvgIpc) is 3.45.